The van der Waals surface area contributed by atoms with Crippen LogP contribution >= 0.6 is 11.6 Å². The Labute approximate surface area is 139 Å². The number of halogens is 1. The van der Waals surface area contributed by atoms with E-state index in [4.69, 9.17) is 33.0 Å². The van der Waals surface area contributed by atoms with E-state index < -0.39 is 31.1 Å². The molecule has 0 aromatic carbocycles. The molecule has 3 heterocycles. The first-order chi connectivity index (χ1) is 11.4. The highest BCUT2D eigenvalue weighted by Crippen LogP contribution is 2.35. The minimum absolute atomic E-state index is 0.0166. The third kappa shape index (κ3) is 2.42. The molecule has 0 aliphatic carbocycles. The maximum atomic E-state index is 10.2. The molecule has 4 atom stereocenters. The van der Waals surface area contributed by atoms with Crippen molar-refractivity contribution in [2.45, 2.75) is 24.5 Å². The fraction of sp³-hybridized carbons (Fsp3) is 0.417. The predicted octanol–water partition coefficient (Wildman–Crippen LogP) is -1.63. The van der Waals surface area contributed by atoms with Gasteiger partial charge < -0.3 is 41.3 Å². The van der Waals surface area contributed by atoms with E-state index in [1.807, 2.05) is 0 Å². The van der Waals surface area contributed by atoms with E-state index in [-0.39, 0.29) is 33.5 Å². The zero-order chi connectivity index (χ0) is 17.6. The molecule has 4 unspecified atom stereocenters. The Morgan fingerprint density at radius 3 is 2.67 bits per heavy atom. The lowest BCUT2D eigenvalue weighted by molar-refractivity contribution is -0.0508. The second-order valence-corrected chi connectivity index (χ2v) is 5.58. The normalized spacial score (nSPS) is 27.9. The average molecular weight is 359 g/mol. The van der Waals surface area contributed by atoms with E-state index in [1.165, 1.54) is 10.8 Å². The standard InChI is InChI=1S/C12H15ClN6O5/c13-12-16-9(15)5-3(8(14)18-23)1-19(10(5)17-12)11-7(22)6(21)4(2-20)24-11/h1,4,6-7,11,20-23H,2H2,(H2,14,18)(H2,15,16,17). The summed E-state index contributed by atoms with van der Waals surface area (Å²) in [5.41, 5.74) is 11.8. The smallest absolute Gasteiger partial charge is 0.226 e. The molecular formula is C12H15ClN6O5. The number of oxime groups is 1. The molecule has 1 fully saturated rings. The van der Waals surface area contributed by atoms with Crippen LogP contribution in [0.2, 0.25) is 5.28 Å². The van der Waals surface area contributed by atoms with Gasteiger partial charge in [0.1, 0.15) is 29.8 Å². The van der Waals surface area contributed by atoms with Crippen LogP contribution in [0.15, 0.2) is 11.4 Å². The number of nitrogen functional groups attached to an aromatic ring is 1. The third-order valence-electron chi connectivity index (χ3n) is 3.85. The highest BCUT2D eigenvalue weighted by Gasteiger charge is 2.44. The van der Waals surface area contributed by atoms with Crippen molar-refractivity contribution in [2.75, 3.05) is 12.3 Å². The van der Waals surface area contributed by atoms with Gasteiger partial charge in [0.25, 0.3) is 0 Å². The van der Waals surface area contributed by atoms with Crippen LogP contribution < -0.4 is 11.5 Å². The van der Waals surface area contributed by atoms with Gasteiger partial charge in [-0.2, -0.15) is 4.98 Å². The van der Waals surface area contributed by atoms with Gasteiger partial charge >= 0.3 is 0 Å². The Kier molecular flexibility index (Phi) is 4.19. The summed E-state index contributed by atoms with van der Waals surface area (Å²) in [7, 11) is 0. The molecule has 0 radical (unpaired) electrons. The number of amidine groups is 1. The van der Waals surface area contributed by atoms with E-state index >= 15 is 0 Å². The molecule has 8 N–H and O–H groups in total. The molecule has 1 aliphatic rings. The minimum Gasteiger partial charge on any atom is -0.409 e. The summed E-state index contributed by atoms with van der Waals surface area (Å²) in [6.45, 7) is -0.487. The number of aliphatic hydroxyl groups is 3. The van der Waals surface area contributed by atoms with E-state index in [9.17, 15) is 15.3 Å². The maximum Gasteiger partial charge on any atom is 0.226 e. The number of ether oxygens (including phenoxy) is 1. The molecule has 0 amide bonds. The summed E-state index contributed by atoms with van der Waals surface area (Å²) in [4.78, 5) is 7.86. The van der Waals surface area contributed by atoms with Crippen LogP contribution in [-0.4, -0.2) is 65.8 Å². The van der Waals surface area contributed by atoms with Crippen molar-refractivity contribution in [3.8, 4) is 0 Å². The monoisotopic (exact) mass is 358 g/mol. The summed E-state index contributed by atoms with van der Waals surface area (Å²) < 4.78 is 6.79. The second kappa shape index (κ2) is 6.03. The van der Waals surface area contributed by atoms with Crippen molar-refractivity contribution in [3.05, 3.63) is 17.0 Å². The third-order valence-corrected chi connectivity index (χ3v) is 4.02. The van der Waals surface area contributed by atoms with Crippen LogP contribution in [0.5, 0.6) is 0 Å². The summed E-state index contributed by atoms with van der Waals surface area (Å²) in [6, 6.07) is 0. The molecule has 0 saturated carbocycles. The second-order valence-electron chi connectivity index (χ2n) is 5.24. The van der Waals surface area contributed by atoms with Crippen LogP contribution in [0.25, 0.3) is 11.0 Å². The SMILES string of the molecule is N/C(=N\O)c1cn(C2OC(CO)C(O)C2O)c2nc(Cl)nc(N)c12. The molecule has 130 valence electrons. The van der Waals surface area contributed by atoms with Crippen molar-refractivity contribution < 1.29 is 25.3 Å². The first-order valence-electron chi connectivity index (χ1n) is 6.83. The number of rotatable bonds is 3. The largest absolute Gasteiger partial charge is 0.409 e. The molecule has 0 spiro atoms. The Balaban J connectivity index is 2.22. The first kappa shape index (κ1) is 16.7. The molecule has 1 saturated heterocycles. The van der Waals surface area contributed by atoms with Gasteiger partial charge in [-0.05, 0) is 11.6 Å². The van der Waals surface area contributed by atoms with Crippen LogP contribution in [0, 0.1) is 0 Å². The number of nitrogens with zero attached hydrogens (tertiary/aromatic N) is 4. The Morgan fingerprint density at radius 1 is 1.38 bits per heavy atom. The van der Waals surface area contributed by atoms with Gasteiger partial charge in [0.2, 0.25) is 5.28 Å². The van der Waals surface area contributed by atoms with E-state index in [0.717, 1.165) is 0 Å². The van der Waals surface area contributed by atoms with Gasteiger partial charge in [0.05, 0.1) is 17.6 Å². The summed E-state index contributed by atoms with van der Waals surface area (Å²) in [5.74, 6) is -0.278. The number of hydrogen-bond donors (Lipinski definition) is 6. The van der Waals surface area contributed by atoms with Crippen LogP contribution in [0.3, 0.4) is 0 Å². The fourth-order valence-corrected chi connectivity index (χ4v) is 2.87. The Bertz CT molecular complexity index is 811. The summed E-state index contributed by atoms with van der Waals surface area (Å²) in [5, 5.41) is 41.3. The quantitative estimate of drug-likeness (QED) is 0.123. The first-order valence-corrected chi connectivity index (χ1v) is 7.20. The average Bonchev–Trinajstić information content (AvgIpc) is 3.06. The predicted molar refractivity (Wildman–Crippen MR) is 82.5 cm³/mol. The van der Waals surface area contributed by atoms with Crippen molar-refractivity contribution in [2.24, 2.45) is 10.9 Å². The Hall–Kier alpha value is -2.18. The topological polar surface area (TPSA) is 185 Å². The van der Waals surface area contributed by atoms with Gasteiger partial charge in [-0.3, -0.25) is 0 Å². The Morgan fingerprint density at radius 2 is 2.08 bits per heavy atom. The highest BCUT2D eigenvalue weighted by molar-refractivity contribution is 6.29. The molecular weight excluding hydrogens is 344 g/mol. The van der Waals surface area contributed by atoms with E-state index in [2.05, 4.69) is 15.1 Å². The zero-order valence-corrected chi connectivity index (χ0v) is 12.9. The van der Waals surface area contributed by atoms with Crippen LogP contribution in [0.4, 0.5) is 5.82 Å². The molecule has 24 heavy (non-hydrogen) atoms. The lowest BCUT2D eigenvalue weighted by atomic mass is 10.1. The van der Waals surface area contributed by atoms with Crippen molar-refractivity contribution >= 4 is 34.3 Å². The van der Waals surface area contributed by atoms with Crippen molar-refractivity contribution in [1.29, 1.82) is 0 Å². The molecule has 0 bridgehead atoms. The summed E-state index contributed by atoms with van der Waals surface area (Å²) >= 11 is 5.83. The van der Waals surface area contributed by atoms with Gasteiger partial charge in [-0.15, -0.1) is 0 Å². The molecule has 11 nitrogen and oxygen atoms in total. The lowest BCUT2D eigenvalue weighted by Gasteiger charge is -2.17. The minimum atomic E-state index is -1.35. The van der Waals surface area contributed by atoms with Crippen molar-refractivity contribution in [3.63, 3.8) is 0 Å². The highest BCUT2D eigenvalue weighted by atomic mass is 35.5. The molecule has 2 aromatic rings. The molecule has 1 aliphatic heterocycles. The number of fused-ring (bicyclic) bond motifs is 1. The molecule has 3 rings (SSSR count). The number of anilines is 1. The van der Waals surface area contributed by atoms with Gasteiger partial charge in [0.15, 0.2) is 12.1 Å². The number of aliphatic hydroxyl groups excluding tert-OH is 3. The number of hydrogen-bond acceptors (Lipinski definition) is 9. The molecule has 2 aromatic heterocycles. The van der Waals surface area contributed by atoms with Crippen molar-refractivity contribution in [1.82, 2.24) is 14.5 Å². The van der Waals surface area contributed by atoms with E-state index in [0.29, 0.717) is 0 Å². The summed E-state index contributed by atoms with van der Waals surface area (Å²) in [6.07, 6.45) is -3.36. The van der Waals surface area contributed by atoms with E-state index in [1.54, 1.807) is 0 Å². The van der Waals surface area contributed by atoms with Gasteiger partial charge in [-0.1, -0.05) is 5.16 Å². The number of aromatic nitrogens is 3. The van der Waals surface area contributed by atoms with Gasteiger partial charge in [-0.25, -0.2) is 4.98 Å². The fourth-order valence-electron chi connectivity index (χ4n) is 2.70. The molecule has 12 heteroatoms. The maximum absolute atomic E-state index is 10.2. The van der Waals surface area contributed by atoms with Crippen LogP contribution in [0.1, 0.15) is 11.8 Å². The van der Waals surface area contributed by atoms with Gasteiger partial charge in [0, 0.05) is 6.20 Å². The number of nitrogens with two attached hydrogens (primary N) is 2. The lowest BCUT2D eigenvalue weighted by Crippen LogP contribution is -2.33. The van der Waals surface area contributed by atoms with Crippen LogP contribution in [-0.2, 0) is 4.74 Å². The zero-order valence-electron chi connectivity index (χ0n) is 12.1.